The van der Waals surface area contributed by atoms with Crippen LogP contribution in [0.1, 0.15) is 5.56 Å². The van der Waals surface area contributed by atoms with Crippen molar-refractivity contribution in [1.82, 2.24) is 25.6 Å². The SMILES string of the molecule is O=C(NCCNCc1ccccc1)C1SC=CC1Nc1ncnc2[nH]ccc12. The van der Waals surface area contributed by atoms with E-state index in [0.29, 0.717) is 6.54 Å². The highest BCUT2D eigenvalue weighted by Gasteiger charge is 2.30. The molecule has 1 aliphatic rings. The highest BCUT2D eigenvalue weighted by atomic mass is 32.2. The van der Waals surface area contributed by atoms with Crippen molar-refractivity contribution >= 4 is 34.5 Å². The lowest BCUT2D eigenvalue weighted by Gasteiger charge is -2.20. The Labute approximate surface area is 167 Å². The van der Waals surface area contributed by atoms with Gasteiger partial charge in [0.1, 0.15) is 23.0 Å². The minimum Gasteiger partial charge on any atom is -0.362 e. The molecule has 28 heavy (non-hydrogen) atoms. The van der Waals surface area contributed by atoms with Gasteiger partial charge in [-0.05, 0) is 17.0 Å². The maximum Gasteiger partial charge on any atom is 0.235 e. The van der Waals surface area contributed by atoms with E-state index in [-0.39, 0.29) is 17.2 Å². The first-order valence-electron chi connectivity index (χ1n) is 9.20. The average molecular weight is 395 g/mol. The molecule has 1 aliphatic heterocycles. The number of anilines is 1. The highest BCUT2D eigenvalue weighted by molar-refractivity contribution is 8.03. The summed E-state index contributed by atoms with van der Waals surface area (Å²) in [5.41, 5.74) is 2.01. The van der Waals surface area contributed by atoms with Crippen LogP contribution in [-0.4, -0.2) is 45.2 Å². The molecular formula is C20H22N6OS. The van der Waals surface area contributed by atoms with E-state index in [2.05, 4.69) is 43.0 Å². The number of hydrogen-bond acceptors (Lipinski definition) is 6. The van der Waals surface area contributed by atoms with E-state index in [9.17, 15) is 4.79 Å². The maximum absolute atomic E-state index is 12.6. The molecule has 0 bridgehead atoms. The fraction of sp³-hybridized carbons (Fsp3) is 0.250. The van der Waals surface area contributed by atoms with Crippen LogP contribution < -0.4 is 16.0 Å². The van der Waals surface area contributed by atoms with Crippen LogP contribution in [0.15, 0.2) is 60.4 Å². The molecule has 2 unspecified atom stereocenters. The lowest BCUT2D eigenvalue weighted by molar-refractivity contribution is -0.120. The molecular weight excluding hydrogens is 372 g/mol. The summed E-state index contributed by atoms with van der Waals surface area (Å²) in [4.78, 5) is 24.2. The monoisotopic (exact) mass is 394 g/mol. The molecule has 3 heterocycles. The molecule has 7 nitrogen and oxygen atoms in total. The van der Waals surface area contributed by atoms with E-state index in [1.54, 1.807) is 0 Å². The van der Waals surface area contributed by atoms with Crippen molar-refractivity contribution < 1.29 is 4.79 Å². The number of fused-ring (bicyclic) bond motifs is 1. The van der Waals surface area contributed by atoms with Crippen LogP contribution in [0.2, 0.25) is 0 Å². The van der Waals surface area contributed by atoms with Gasteiger partial charge in [0.15, 0.2) is 0 Å². The van der Waals surface area contributed by atoms with Gasteiger partial charge in [-0.15, -0.1) is 11.8 Å². The average Bonchev–Trinajstić information content (AvgIpc) is 3.38. The number of carbonyl (C=O) groups excluding carboxylic acids is 1. The summed E-state index contributed by atoms with van der Waals surface area (Å²) in [5.74, 6) is 0.749. The van der Waals surface area contributed by atoms with Crippen molar-refractivity contribution in [3.63, 3.8) is 0 Å². The van der Waals surface area contributed by atoms with E-state index in [1.807, 2.05) is 41.9 Å². The Hall–Kier alpha value is -2.84. The molecule has 144 valence electrons. The molecule has 8 heteroatoms. The fourth-order valence-corrected chi connectivity index (χ4v) is 4.06. The largest absolute Gasteiger partial charge is 0.362 e. The van der Waals surface area contributed by atoms with Gasteiger partial charge >= 0.3 is 0 Å². The zero-order valence-electron chi connectivity index (χ0n) is 15.3. The zero-order valence-corrected chi connectivity index (χ0v) is 16.1. The topological polar surface area (TPSA) is 94.7 Å². The Bertz CT molecular complexity index is 957. The second kappa shape index (κ2) is 8.90. The van der Waals surface area contributed by atoms with Crippen molar-refractivity contribution in [3.8, 4) is 0 Å². The Kier molecular flexibility index (Phi) is 5.89. The van der Waals surface area contributed by atoms with Crippen LogP contribution in [0, 0.1) is 0 Å². The summed E-state index contributed by atoms with van der Waals surface area (Å²) >= 11 is 1.52. The van der Waals surface area contributed by atoms with Gasteiger partial charge in [-0.3, -0.25) is 4.79 Å². The molecule has 4 rings (SSSR count). The number of carbonyl (C=O) groups is 1. The van der Waals surface area contributed by atoms with Gasteiger partial charge in [0.05, 0.1) is 11.4 Å². The Balaban J connectivity index is 1.26. The quantitative estimate of drug-likeness (QED) is 0.438. The number of nitrogens with zero attached hydrogens (tertiary/aromatic N) is 2. The third-order valence-corrected chi connectivity index (χ3v) is 5.64. The van der Waals surface area contributed by atoms with E-state index >= 15 is 0 Å². The van der Waals surface area contributed by atoms with Crippen LogP contribution >= 0.6 is 11.8 Å². The Morgan fingerprint density at radius 1 is 1.14 bits per heavy atom. The van der Waals surface area contributed by atoms with Crippen LogP contribution in [0.25, 0.3) is 11.0 Å². The summed E-state index contributed by atoms with van der Waals surface area (Å²) in [6.07, 6.45) is 5.35. The van der Waals surface area contributed by atoms with Crippen molar-refractivity contribution in [2.75, 3.05) is 18.4 Å². The molecule has 2 aromatic heterocycles. The van der Waals surface area contributed by atoms with Gasteiger partial charge in [-0.1, -0.05) is 36.4 Å². The number of rotatable bonds is 8. The predicted octanol–water partition coefficient (Wildman–Crippen LogP) is 2.27. The first-order chi connectivity index (χ1) is 13.8. The zero-order chi connectivity index (χ0) is 19.2. The molecule has 3 aromatic rings. The summed E-state index contributed by atoms with van der Waals surface area (Å²) in [6, 6.07) is 12.0. The standard InChI is InChI=1S/C20H22N6OS/c27-20(23-10-9-21-12-14-4-2-1-3-5-14)17-16(7-11-28-17)26-19-15-6-8-22-18(15)24-13-25-19/h1-8,11,13,16-17,21H,9-10,12H2,(H,23,27)(H2,22,24,25,26). The first-order valence-corrected chi connectivity index (χ1v) is 10.1. The maximum atomic E-state index is 12.6. The van der Waals surface area contributed by atoms with Crippen LogP contribution in [0.5, 0.6) is 0 Å². The third kappa shape index (κ3) is 4.35. The number of aromatic nitrogens is 3. The number of amides is 1. The molecule has 0 saturated carbocycles. The lowest BCUT2D eigenvalue weighted by Crippen LogP contribution is -2.43. The number of nitrogens with one attached hydrogen (secondary N) is 4. The van der Waals surface area contributed by atoms with Crippen molar-refractivity contribution in [2.45, 2.75) is 17.8 Å². The molecule has 4 N–H and O–H groups in total. The number of thioether (sulfide) groups is 1. The summed E-state index contributed by atoms with van der Waals surface area (Å²) in [5, 5.41) is 12.4. The number of aromatic amines is 1. The lowest BCUT2D eigenvalue weighted by atomic mass is 10.2. The van der Waals surface area contributed by atoms with E-state index in [4.69, 9.17) is 0 Å². The van der Waals surface area contributed by atoms with Gasteiger partial charge in [-0.2, -0.15) is 0 Å². The highest BCUT2D eigenvalue weighted by Crippen LogP contribution is 2.28. The smallest absolute Gasteiger partial charge is 0.235 e. The van der Waals surface area contributed by atoms with Gasteiger partial charge in [0.2, 0.25) is 5.91 Å². The minimum atomic E-state index is -0.224. The predicted molar refractivity (Wildman–Crippen MR) is 113 cm³/mol. The van der Waals surface area contributed by atoms with Gasteiger partial charge in [0.25, 0.3) is 0 Å². The van der Waals surface area contributed by atoms with Gasteiger partial charge < -0.3 is 20.9 Å². The normalized spacial score (nSPS) is 18.4. The number of hydrogen-bond donors (Lipinski definition) is 4. The molecule has 2 atom stereocenters. The first kappa shape index (κ1) is 18.5. The molecule has 1 aromatic carbocycles. The second-order valence-electron chi connectivity index (χ2n) is 6.47. The number of benzene rings is 1. The molecule has 0 aliphatic carbocycles. The second-order valence-corrected chi connectivity index (χ2v) is 7.52. The minimum absolute atomic E-state index is 0.0216. The summed E-state index contributed by atoms with van der Waals surface area (Å²) in [6.45, 7) is 2.10. The van der Waals surface area contributed by atoms with Gasteiger partial charge in [-0.25, -0.2) is 9.97 Å². The number of H-pyrrole nitrogens is 1. The van der Waals surface area contributed by atoms with Crippen molar-refractivity contribution in [1.29, 1.82) is 0 Å². The van der Waals surface area contributed by atoms with Crippen LogP contribution in [0.4, 0.5) is 5.82 Å². The fourth-order valence-electron chi connectivity index (χ4n) is 3.10. The Morgan fingerprint density at radius 3 is 2.93 bits per heavy atom. The van der Waals surface area contributed by atoms with Crippen molar-refractivity contribution in [3.05, 3.63) is 66.0 Å². The Morgan fingerprint density at radius 2 is 2.04 bits per heavy atom. The van der Waals surface area contributed by atoms with E-state index < -0.39 is 0 Å². The summed E-state index contributed by atoms with van der Waals surface area (Å²) < 4.78 is 0. The molecule has 0 fully saturated rings. The van der Waals surface area contributed by atoms with Crippen molar-refractivity contribution in [2.24, 2.45) is 0 Å². The molecule has 0 saturated heterocycles. The van der Waals surface area contributed by atoms with E-state index in [0.717, 1.165) is 29.9 Å². The van der Waals surface area contributed by atoms with Crippen LogP contribution in [0.3, 0.4) is 0 Å². The molecule has 0 radical (unpaired) electrons. The third-order valence-electron chi connectivity index (χ3n) is 4.53. The van der Waals surface area contributed by atoms with Crippen LogP contribution in [-0.2, 0) is 11.3 Å². The van der Waals surface area contributed by atoms with E-state index in [1.165, 1.54) is 23.7 Å². The van der Waals surface area contributed by atoms with Gasteiger partial charge in [0, 0.05) is 25.8 Å². The molecule has 1 amide bonds. The molecule has 0 spiro atoms. The summed E-state index contributed by atoms with van der Waals surface area (Å²) in [7, 11) is 0.